The Labute approximate surface area is 61.0 Å². The van der Waals surface area contributed by atoms with Gasteiger partial charge in [0.25, 0.3) is 0 Å². The highest BCUT2D eigenvalue weighted by atomic mass is 16.3. The van der Waals surface area contributed by atoms with Crippen LogP contribution in [-0.4, -0.2) is 0 Å². The molecule has 0 spiro atoms. The van der Waals surface area contributed by atoms with Gasteiger partial charge in [-0.1, -0.05) is 13.3 Å². The van der Waals surface area contributed by atoms with E-state index < -0.39 is 0 Å². The zero-order valence-electron chi connectivity index (χ0n) is 6.26. The predicted molar refractivity (Wildman–Crippen MR) is 41.7 cm³/mol. The average molecular weight is 139 g/mol. The van der Waals surface area contributed by atoms with E-state index >= 15 is 0 Å². The van der Waals surface area contributed by atoms with Gasteiger partial charge in [0, 0.05) is 5.56 Å². The number of nitrogens with two attached hydrogens (primary N) is 1. The Morgan fingerprint density at radius 3 is 2.90 bits per heavy atom. The van der Waals surface area contributed by atoms with E-state index in [1.807, 2.05) is 6.07 Å². The van der Waals surface area contributed by atoms with Crippen molar-refractivity contribution in [3.05, 3.63) is 17.9 Å². The maximum atomic E-state index is 5.51. The molecule has 0 unspecified atom stereocenters. The molecule has 10 heavy (non-hydrogen) atoms. The van der Waals surface area contributed by atoms with Gasteiger partial charge in [0.2, 0.25) is 0 Å². The van der Waals surface area contributed by atoms with Crippen molar-refractivity contribution in [2.45, 2.75) is 26.2 Å². The van der Waals surface area contributed by atoms with Gasteiger partial charge in [-0.15, -0.1) is 0 Å². The molecule has 2 N–H and O–H groups in total. The van der Waals surface area contributed by atoms with Crippen LogP contribution in [0.4, 0.5) is 5.88 Å². The Bertz CT molecular complexity index is 193. The predicted octanol–water partition coefficient (Wildman–Crippen LogP) is 2.20. The van der Waals surface area contributed by atoms with Crippen molar-refractivity contribution in [2.24, 2.45) is 0 Å². The van der Waals surface area contributed by atoms with E-state index in [9.17, 15) is 0 Å². The van der Waals surface area contributed by atoms with Crippen molar-refractivity contribution in [1.82, 2.24) is 0 Å². The summed E-state index contributed by atoms with van der Waals surface area (Å²) in [6, 6.07) is 1.94. The lowest BCUT2D eigenvalue weighted by Gasteiger charge is -1.93. The third kappa shape index (κ3) is 1.53. The van der Waals surface area contributed by atoms with Crippen molar-refractivity contribution in [1.29, 1.82) is 0 Å². The van der Waals surface area contributed by atoms with Gasteiger partial charge in [-0.25, -0.2) is 0 Å². The van der Waals surface area contributed by atoms with E-state index in [-0.39, 0.29) is 0 Å². The minimum Gasteiger partial charge on any atom is -0.449 e. The van der Waals surface area contributed by atoms with Gasteiger partial charge >= 0.3 is 0 Å². The minimum atomic E-state index is 0.577. The SMILES string of the molecule is CCCCc1ccoc1N. The number of aryl methyl sites for hydroxylation is 1. The average Bonchev–Trinajstić information content (AvgIpc) is 2.31. The number of anilines is 1. The van der Waals surface area contributed by atoms with Crippen molar-refractivity contribution in [2.75, 3.05) is 5.73 Å². The van der Waals surface area contributed by atoms with Crippen LogP contribution < -0.4 is 5.73 Å². The van der Waals surface area contributed by atoms with Gasteiger partial charge in [0.05, 0.1) is 6.26 Å². The Morgan fingerprint density at radius 1 is 1.60 bits per heavy atom. The normalized spacial score (nSPS) is 10.1. The van der Waals surface area contributed by atoms with Crippen LogP contribution >= 0.6 is 0 Å². The van der Waals surface area contributed by atoms with Gasteiger partial charge in [-0.2, -0.15) is 0 Å². The molecule has 1 heterocycles. The zero-order chi connectivity index (χ0) is 7.40. The summed E-state index contributed by atoms with van der Waals surface area (Å²) < 4.78 is 4.94. The molecule has 0 aliphatic rings. The molecule has 1 aromatic heterocycles. The van der Waals surface area contributed by atoms with E-state index in [1.165, 1.54) is 12.8 Å². The molecule has 0 saturated carbocycles. The van der Waals surface area contributed by atoms with Crippen LogP contribution in [0.2, 0.25) is 0 Å². The van der Waals surface area contributed by atoms with Crippen LogP contribution in [0.3, 0.4) is 0 Å². The maximum Gasteiger partial charge on any atom is 0.193 e. The highest BCUT2D eigenvalue weighted by molar-refractivity contribution is 5.35. The highest BCUT2D eigenvalue weighted by Crippen LogP contribution is 2.14. The van der Waals surface area contributed by atoms with E-state index in [0.29, 0.717) is 5.88 Å². The van der Waals surface area contributed by atoms with Crippen LogP contribution in [0.1, 0.15) is 25.3 Å². The number of unbranched alkanes of at least 4 members (excludes halogenated alkanes) is 1. The monoisotopic (exact) mass is 139 g/mol. The van der Waals surface area contributed by atoms with Crippen molar-refractivity contribution in [3.8, 4) is 0 Å². The number of hydrogen-bond acceptors (Lipinski definition) is 2. The van der Waals surface area contributed by atoms with E-state index in [1.54, 1.807) is 6.26 Å². The second-order valence-electron chi connectivity index (χ2n) is 2.41. The molecule has 0 bridgehead atoms. The summed E-state index contributed by atoms with van der Waals surface area (Å²) in [5.74, 6) is 0.577. The van der Waals surface area contributed by atoms with Crippen molar-refractivity contribution >= 4 is 5.88 Å². The molecule has 2 nitrogen and oxygen atoms in total. The Kier molecular flexibility index (Phi) is 2.37. The van der Waals surface area contributed by atoms with Crippen LogP contribution in [-0.2, 0) is 6.42 Å². The lowest BCUT2D eigenvalue weighted by Crippen LogP contribution is -1.88. The first-order chi connectivity index (χ1) is 4.84. The Morgan fingerprint density at radius 2 is 2.40 bits per heavy atom. The summed E-state index contributed by atoms with van der Waals surface area (Å²) in [7, 11) is 0. The molecule has 0 aromatic carbocycles. The van der Waals surface area contributed by atoms with E-state index in [0.717, 1.165) is 12.0 Å². The molecule has 1 rings (SSSR count). The molecule has 0 fully saturated rings. The maximum absolute atomic E-state index is 5.51. The van der Waals surface area contributed by atoms with Crippen molar-refractivity contribution in [3.63, 3.8) is 0 Å². The lowest BCUT2D eigenvalue weighted by atomic mass is 10.1. The molecule has 0 amide bonds. The number of rotatable bonds is 3. The van der Waals surface area contributed by atoms with E-state index in [4.69, 9.17) is 10.2 Å². The highest BCUT2D eigenvalue weighted by Gasteiger charge is 1.99. The van der Waals surface area contributed by atoms with Gasteiger partial charge in [0.15, 0.2) is 5.88 Å². The molecular weight excluding hydrogens is 126 g/mol. The molecule has 0 aliphatic carbocycles. The summed E-state index contributed by atoms with van der Waals surface area (Å²) >= 11 is 0. The van der Waals surface area contributed by atoms with Crippen LogP contribution in [0.5, 0.6) is 0 Å². The first-order valence-electron chi connectivity index (χ1n) is 3.66. The number of furan rings is 1. The smallest absolute Gasteiger partial charge is 0.193 e. The molecule has 1 aromatic rings. The molecule has 0 saturated heterocycles. The summed E-state index contributed by atoms with van der Waals surface area (Å²) in [6.07, 6.45) is 5.06. The van der Waals surface area contributed by atoms with Crippen LogP contribution in [0, 0.1) is 0 Å². The Balaban J connectivity index is 2.49. The molecule has 0 radical (unpaired) electrons. The van der Waals surface area contributed by atoms with Gasteiger partial charge in [-0.05, 0) is 18.9 Å². The zero-order valence-corrected chi connectivity index (χ0v) is 6.26. The molecule has 2 heteroatoms. The van der Waals surface area contributed by atoms with Gasteiger partial charge in [0.1, 0.15) is 0 Å². The topological polar surface area (TPSA) is 39.2 Å². The number of nitrogen functional groups attached to an aromatic ring is 1. The quantitative estimate of drug-likeness (QED) is 0.697. The third-order valence-corrected chi connectivity index (χ3v) is 1.58. The summed E-state index contributed by atoms with van der Waals surface area (Å²) in [4.78, 5) is 0. The molecule has 0 aliphatic heterocycles. The van der Waals surface area contributed by atoms with E-state index in [2.05, 4.69) is 6.92 Å². The standard InChI is InChI=1S/C8H13NO/c1-2-3-4-7-5-6-10-8(7)9/h5-6H,2-4,9H2,1H3. The van der Waals surface area contributed by atoms with Gasteiger partial charge < -0.3 is 10.2 Å². The second-order valence-corrected chi connectivity index (χ2v) is 2.41. The summed E-state index contributed by atoms with van der Waals surface area (Å²) in [5.41, 5.74) is 6.66. The first-order valence-corrected chi connectivity index (χ1v) is 3.66. The van der Waals surface area contributed by atoms with Crippen molar-refractivity contribution < 1.29 is 4.42 Å². The van der Waals surface area contributed by atoms with Crippen LogP contribution in [0.25, 0.3) is 0 Å². The largest absolute Gasteiger partial charge is 0.449 e. The minimum absolute atomic E-state index is 0.577. The Hall–Kier alpha value is -0.920. The molecular formula is C8H13NO. The first kappa shape index (κ1) is 7.19. The molecule has 56 valence electrons. The fourth-order valence-corrected chi connectivity index (χ4v) is 0.921. The third-order valence-electron chi connectivity index (χ3n) is 1.58. The van der Waals surface area contributed by atoms with Gasteiger partial charge in [-0.3, -0.25) is 0 Å². The summed E-state index contributed by atoms with van der Waals surface area (Å²) in [5, 5.41) is 0. The fourth-order valence-electron chi connectivity index (χ4n) is 0.921. The summed E-state index contributed by atoms with van der Waals surface area (Å²) in [6.45, 7) is 2.16. The van der Waals surface area contributed by atoms with Crippen LogP contribution in [0.15, 0.2) is 16.7 Å². The lowest BCUT2D eigenvalue weighted by molar-refractivity contribution is 0.584. The second kappa shape index (κ2) is 3.30. The molecule has 0 atom stereocenters. The fraction of sp³-hybridized carbons (Fsp3) is 0.500. The number of hydrogen-bond donors (Lipinski definition) is 1.